The van der Waals surface area contributed by atoms with E-state index < -0.39 is 0 Å². The Hall–Kier alpha value is -3.46. The predicted octanol–water partition coefficient (Wildman–Crippen LogP) is 3.64. The van der Waals surface area contributed by atoms with E-state index in [1.807, 2.05) is 12.1 Å². The molecule has 140 valence electrons. The third-order valence-electron chi connectivity index (χ3n) is 5.03. The summed E-state index contributed by atoms with van der Waals surface area (Å²) in [5, 5.41) is 13.6. The van der Waals surface area contributed by atoms with E-state index in [0.29, 0.717) is 17.8 Å². The van der Waals surface area contributed by atoms with Gasteiger partial charge in [0.05, 0.1) is 17.3 Å². The minimum atomic E-state index is -0.303. The minimum Gasteiger partial charge on any atom is -0.336 e. The molecule has 4 rings (SSSR count). The number of benzene rings is 2. The lowest BCUT2D eigenvalue weighted by molar-refractivity contribution is 0.0777. The molecule has 0 saturated heterocycles. The Bertz CT molecular complexity index is 1080. The van der Waals surface area contributed by atoms with Crippen LogP contribution in [-0.4, -0.2) is 27.6 Å². The zero-order valence-electron chi connectivity index (χ0n) is 15.5. The Morgan fingerprint density at radius 3 is 2.79 bits per heavy atom. The van der Waals surface area contributed by atoms with Crippen LogP contribution in [0.2, 0.25) is 0 Å². The van der Waals surface area contributed by atoms with Crippen molar-refractivity contribution < 1.29 is 9.18 Å². The highest BCUT2D eigenvalue weighted by Gasteiger charge is 2.28. The molecular formula is C22H19FN4O. The first-order valence-electron chi connectivity index (χ1n) is 9.18. The van der Waals surface area contributed by atoms with Gasteiger partial charge >= 0.3 is 0 Å². The van der Waals surface area contributed by atoms with Crippen molar-refractivity contribution in [2.75, 3.05) is 7.05 Å². The van der Waals surface area contributed by atoms with Gasteiger partial charge in [-0.1, -0.05) is 12.1 Å². The Morgan fingerprint density at radius 2 is 2.04 bits per heavy atom. The lowest BCUT2D eigenvalue weighted by Crippen LogP contribution is -2.27. The van der Waals surface area contributed by atoms with E-state index in [-0.39, 0.29) is 11.7 Å². The van der Waals surface area contributed by atoms with Crippen molar-refractivity contribution >= 4 is 5.91 Å². The van der Waals surface area contributed by atoms with Crippen LogP contribution in [0.15, 0.2) is 48.5 Å². The molecule has 1 heterocycles. The number of carbonyl (C=O) groups is 1. The number of amides is 1. The fourth-order valence-electron chi connectivity index (χ4n) is 3.67. The minimum absolute atomic E-state index is 0.152. The summed E-state index contributed by atoms with van der Waals surface area (Å²) in [6.07, 6.45) is 2.64. The van der Waals surface area contributed by atoms with E-state index >= 15 is 0 Å². The topological polar surface area (TPSA) is 61.9 Å². The van der Waals surface area contributed by atoms with Gasteiger partial charge in [-0.25, -0.2) is 9.07 Å². The SMILES string of the molecule is CN(Cc1cccc(C#N)c1)C(=O)c1nn(-c2ccc(F)cc2)c2c1CCC2. The molecule has 3 aromatic rings. The number of nitriles is 1. The first kappa shape index (κ1) is 17.9. The quantitative estimate of drug-likeness (QED) is 0.700. The van der Waals surface area contributed by atoms with Crippen molar-refractivity contribution in [3.05, 3.63) is 82.4 Å². The van der Waals surface area contributed by atoms with Crippen molar-refractivity contribution in [3.63, 3.8) is 0 Å². The summed E-state index contributed by atoms with van der Waals surface area (Å²) in [6.45, 7) is 0.395. The molecule has 28 heavy (non-hydrogen) atoms. The fraction of sp³-hybridized carbons (Fsp3) is 0.227. The van der Waals surface area contributed by atoms with E-state index in [4.69, 9.17) is 5.26 Å². The Morgan fingerprint density at radius 1 is 1.25 bits per heavy atom. The number of fused-ring (bicyclic) bond motifs is 1. The number of rotatable bonds is 4. The molecule has 0 unspecified atom stereocenters. The highest BCUT2D eigenvalue weighted by atomic mass is 19.1. The van der Waals surface area contributed by atoms with Gasteiger partial charge in [0.1, 0.15) is 5.82 Å². The highest BCUT2D eigenvalue weighted by Crippen LogP contribution is 2.28. The fourth-order valence-corrected chi connectivity index (χ4v) is 3.67. The number of aromatic nitrogens is 2. The maximum absolute atomic E-state index is 13.3. The largest absolute Gasteiger partial charge is 0.336 e. The van der Waals surface area contributed by atoms with E-state index in [9.17, 15) is 9.18 Å². The average molecular weight is 374 g/mol. The summed E-state index contributed by atoms with van der Waals surface area (Å²) >= 11 is 0. The molecule has 0 fully saturated rings. The lowest BCUT2D eigenvalue weighted by atomic mass is 10.1. The molecule has 1 aliphatic carbocycles. The smallest absolute Gasteiger partial charge is 0.274 e. The second kappa shape index (κ2) is 7.28. The van der Waals surface area contributed by atoms with Gasteiger partial charge in [-0.2, -0.15) is 10.4 Å². The van der Waals surface area contributed by atoms with Gasteiger partial charge in [0, 0.05) is 24.8 Å². The molecule has 1 aromatic heterocycles. The normalized spacial score (nSPS) is 12.5. The molecule has 5 nitrogen and oxygen atoms in total. The monoisotopic (exact) mass is 374 g/mol. The lowest BCUT2D eigenvalue weighted by Gasteiger charge is -2.16. The highest BCUT2D eigenvalue weighted by molar-refractivity contribution is 5.94. The second-order valence-electron chi connectivity index (χ2n) is 6.99. The zero-order chi connectivity index (χ0) is 19.7. The first-order chi connectivity index (χ1) is 13.6. The molecule has 1 aliphatic rings. The zero-order valence-corrected chi connectivity index (χ0v) is 15.5. The van der Waals surface area contributed by atoms with Crippen LogP contribution in [0.3, 0.4) is 0 Å². The van der Waals surface area contributed by atoms with Crippen LogP contribution in [0.5, 0.6) is 0 Å². The molecule has 0 aliphatic heterocycles. The van der Waals surface area contributed by atoms with Crippen LogP contribution in [0.4, 0.5) is 4.39 Å². The maximum Gasteiger partial charge on any atom is 0.274 e. The van der Waals surface area contributed by atoms with E-state index in [1.54, 1.807) is 40.9 Å². The van der Waals surface area contributed by atoms with E-state index in [0.717, 1.165) is 41.8 Å². The first-order valence-corrected chi connectivity index (χ1v) is 9.18. The van der Waals surface area contributed by atoms with Gasteiger partial charge in [0.2, 0.25) is 0 Å². The van der Waals surface area contributed by atoms with Crippen LogP contribution < -0.4 is 0 Å². The van der Waals surface area contributed by atoms with Crippen LogP contribution >= 0.6 is 0 Å². The van der Waals surface area contributed by atoms with Crippen molar-refractivity contribution in [3.8, 4) is 11.8 Å². The van der Waals surface area contributed by atoms with Crippen LogP contribution in [0, 0.1) is 17.1 Å². The number of halogens is 1. The van der Waals surface area contributed by atoms with E-state index in [1.165, 1.54) is 12.1 Å². The van der Waals surface area contributed by atoms with Gasteiger partial charge in [-0.3, -0.25) is 4.79 Å². The van der Waals surface area contributed by atoms with Crippen molar-refractivity contribution in [1.29, 1.82) is 5.26 Å². The molecule has 1 amide bonds. The maximum atomic E-state index is 13.3. The molecule has 0 atom stereocenters. The molecule has 0 N–H and O–H groups in total. The van der Waals surface area contributed by atoms with Crippen molar-refractivity contribution in [1.82, 2.24) is 14.7 Å². The van der Waals surface area contributed by atoms with E-state index in [2.05, 4.69) is 11.2 Å². The molecule has 2 aromatic carbocycles. The summed E-state index contributed by atoms with van der Waals surface area (Å²) < 4.78 is 15.0. The second-order valence-corrected chi connectivity index (χ2v) is 6.99. The predicted molar refractivity (Wildman–Crippen MR) is 103 cm³/mol. The molecule has 0 radical (unpaired) electrons. The summed E-state index contributed by atoms with van der Waals surface area (Å²) in [5.74, 6) is -0.454. The molecular weight excluding hydrogens is 355 g/mol. The number of hydrogen-bond acceptors (Lipinski definition) is 3. The Balaban J connectivity index is 1.63. The van der Waals surface area contributed by atoms with Gasteiger partial charge in [0.25, 0.3) is 5.91 Å². The van der Waals surface area contributed by atoms with Crippen molar-refractivity contribution in [2.45, 2.75) is 25.8 Å². The molecule has 0 spiro atoms. The Labute approximate surface area is 162 Å². The number of nitrogens with zero attached hydrogens (tertiary/aromatic N) is 4. The molecule has 0 saturated carbocycles. The number of carbonyl (C=O) groups excluding carboxylic acids is 1. The van der Waals surface area contributed by atoms with Gasteiger partial charge in [0.15, 0.2) is 5.69 Å². The summed E-state index contributed by atoms with van der Waals surface area (Å²) in [5.41, 5.74) is 4.67. The van der Waals surface area contributed by atoms with Crippen LogP contribution in [-0.2, 0) is 19.4 Å². The standard InChI is InChI=1S/C22H19FN4O/c1-26(14-16-5-2-4-15(12-16)13-24)22(28)21-19-6-3-7-20(19)27(25-21)18-10-8-17(23)9-11-18/h2,4-5,8-12H,3,6-7,14H2,1H3. The average Bonchev–Trinajstić information content (AvgIpc) is 3.31. The molecule has 6 heteroatoms. The third kappa shape index (κ3) is 3.27. The van der Waals surface area contributed by atoms with Gasteiger partial charge in [-0.15, -0.1) is 0 Å². The van der Waals surface area contributed by atoms with Gasteiger partial charge < -0.3 is 4.90 Å². The van der Waals surface area contributed by atoms with Gasteiger partial charge in [-0.05, 0) is 61.2 Å². The molecule has 0 bridgehead atoms. The Kier molecular flexibility index (Phi) is 4.66. The van der Waals surface area contributed by atoms with Crippen LogP contribution in [0.1, 0.15) is 39.3 Å². The summed E-state index contributed by atoms with van der Waals surface area (Å²) in [7, 11) is 1.74. The number of hydrogen-bond donors (Lipinski definition) is 0. The summed E-state index contributed by atoms with van der Waals surface area (Å²) in [4.78, 5) is 14.7. The van der Waals surface area contributed by atoms with Crippen LogP contribution in [0.25, 0.3) is 5.69 Å². The van der Waals surface area contributed by atoms with Crippen molar-refractivity contribution in [2.24, 2.45) is 0 Å². The third-order valence-corrected chi connectivity index (χ3v) is 5.03. The summed E-state index contributed by atoms with van der Waals surface area (Å²) in [6, 6.07) is 15.5.